The molecule has 0 radical (unpaired) electrons. The van der Waals surface area contributed by atoms with Gasteiger partial charge in [0.1, 0.15) is 5.71 Å². The van der Waals surface area contributed by atoms with Crippen molar-refractivity contribution in [1.82, 2.24) is 4.90 Å². The van der Waals surface area contributed by atoms with Gasteiger partial charge in [-0.1, -0.05) is 24.1 Å². The van der Waals surface area contributed by atoms with Gasteiger partial charge in [0.2, 0.25) is 0 Å². The van der Waals surface area contributed by atoms with Gasteiger partial charge in [-0.3, -0.25) is 0 Å². The maximum absolute atomic E-state index is 9.19. The lowest BCUT2D eigenvalue weighted by molar-refractivity contribution is 0.0560. The molecule has 96 valence electrons. The lowest BCUT2D eigenvalue weighted by Gasteiger charge is -2.31. The van der Waals surface area contributed by atoms with Gasteiger partial charge in [-0.15, -0.1) is 0 Å². The first-order valence-corrected chi connectivity index (χ1v) is 6.66. The van der Waals surface area contributed by atoms with Crippen LogP contribution in [0.4, 0.5) is 0 Å². The largest absolute Gasteiger partial charge is 0.411 e. The van der Waals surface area contributed by atoms with Crippen LogP contribution < -0.4 is 0 Å². The molecule has 1 saturated heterocycles. The van der Waals surface area contributed by atoms with Crippen LogP contribution in [0.5, 0.6) is 0 Å². The summed E-state index contributed by atoms with van der Waals surface area (Å²) in [6, 6.07) is 0. The third-order valence-corrected chi connectivity index (χ3v) is 3.47. The molecular weight excluding hydrogens is 216 g/mol. The van der Waals surface area contributed by atoms with E-state index in [9.17, 15) is 5.21 Å². The lowest BCUT2D eigenvalue weighted by atomic mass is 10.1. The van der Waals surface area contributed by atoms with Crippen LogP contribution in [0, 0.1) is 0 Å². The van der Waals surface area contributed by atoms with Crippen LogP contribution in [-0.4, -0.2) is 42.1 Å². The summed E-state index contributed by atoms with van der Waals surface area (Å²) in [4.78, 5) is 2.30. The Hall–Kier alpha value is -1.03. The van der Waals surface area contributed by atoms with Gasteiger partial charge >= 0.3 is 0 Å². The Labute approximate surface area is 103 Å². The third kappa shape index (κ3) is 3.46. The zero-order valence-electron chi connectivity index (χ0n) is 10.4. The second-order valence-corrected chi connectivity index (χ2v) is 4.69. The molecule has 17 heavy (non-hydrogen) atoms. The Kier molecular flexibility index (Phi) is 4.86. The van der Waals surface area contributed by atoms with Gasteiger partial charge in [-0.05, 0) is 25.7 Å². The Bertz CT molecular complexity index is 294. The van der Waals surface area contributed by atoms with Crippen LogP contribution in [0.2, 0.25) is 0 Å². The van der Waals surface area contributed by atoms with E-state index in [2.05, 4.69) is 16.1 Å². The molecule has 0 aromatic heterocycles. The summed E-state index contributed by atoms with van der Waals surface area (Å²) >= 11 is 0. The van der Waals surface area contributed by atoms with Gasteiger partial charge in [-0.25, -0.2) is 0 Å². The van der Waals surface area contributed by atoms with Crippen molar-refractivity contribution in [3.63, 3.8) is 0 Å². The summed E-state index contributed by atoms with van der Waals surface area (Å²) in [6.07, 6.45) is 9.11. The van der Waals surface area contributed by atoms with Crippen molar-refractivity contribution in [3.05, 3.63) is 11.8 Å². The molecule has 1 aliphatic carbocycles. The number of ether oxygens (including phenoxy) is 1. The van der Waals surface area contributed by atoms with E-state index in [1.807, 2.05) is 0 Å². The van der Waals surface area contributed by atoms with E-state index in [4.69, 9.17) is 4.74 Å². The monoisotopic (exact) mass is 238 g/mol. The Balaban J connectivity index is 2.11. The molecule has 0 aromatic rings. The first-order valence-electron chi connectivity index (χ1n) is 6.66. The van der Waals surface area contributed by atoms with Gasteiger partial charge in [0, 0.05) is 13.1 Å². The number of morpholine rings is 1. The average molecular weight is 238 g/mol. The van der Waals surface area contributed by atoms with Crippen LogP contribution >= 0.6 is 0 Å². The van der Waals surface area contributed by atoms with Gasteiger partial charge in [0.05, 0.1) is 18.9 Å². The summed E-state index contributed by atoms with van der Waals surface area (Å²) in [5, 5.41) is 12.7. The van der Waals surface area contributed by atoms with Gasteiger partial charge in [0.25, 0.3) is 0 Å². The number of hydrogen-bond acceptors (Lipinski definition) is 4. The summed E-state index contributed by atoms with van der Waals surface area (Å²) in [5.41, 5.74) is 1.99. The fourth-order valence-electron chi connectivity index (χ4n) is 2.49. The van der Waals surface area contributed by atoms with E-state index in [1.54, 1.807) is 0 Å². The second kappa shape index (κ2) is 6.64. The molecule has 1 aliphatic heterocycles. The average Bonchev–Trinajstić information content (AvgIpc) is 2.51. The molecule has 2 rings (SSSR count). The zero-order valence-corrected chi connectivity index (χ0v) is 10.4. The van der Waals surface area contributed by atoms with Crippen LogP contribution in [0.1, 0.15) is 38.5 Å². The maximum atomic E-state index is 9.19. The van der Waals surface area contributed by atoms with Gasteiger partial charge in [-0.2, -0.15) is 0 Å². The molecule has 0 aromatic carbocycles. The molecular formula is C13H22N2O2. The maximum Gasteiger partial charge on any atom is 0.102 e. The Morgan fingerprint density at radius 2 is 1.88 bits per heavy atom. The fraction of sp³-hybridized carbons (Fsp3) is 0.769. The first-order chi connectivity index (χ1) is 8.42. The van der Waals surface area contributed by atoms with E-state index < -0.39 is 0 Å². The summed E-state index contributed by atoms with van der Waals surface area (Å²) in [7, 11) is 0. The fourth-order valence-corrected chi connectivity index (χ4v) is 2.49. The standard InChI is InChI=1S/C13H22N2O2/c16-14-12-6-4-2-1-3-5-7-13(12)15-8-10-17-11-9-15/h7,16H,1-6,8-11H2. The molecule has 0 amide bonds. The van der Waals surface area contributed by atoms with Crippen molar-refractivity contribution in [3.8, 4) is 0 Å². The highest BCUT2D eigenvalue weighted by atomic mass is 16.5. The second-order valence-electron chi connectivity index (χ2n) is 4.69. The van der Waals surface area contributed by atoms with Crippen molar-refractivity contribution in [2.45, 2.75) is 38.5 Å². The van der Waals surface area contributed by atoms with Gasteiger partial charge in [0.15, 0.2) is 0 Å². The van der Waals surface area contributed by atoms with Crippen molar-refractivity contribution in [1.29, 1.82) is 0 Å². The Morgan fingerprint density at radius 1 is 1.12 bits per heavy atom. The molecule has 0 bridgehead atoms. The van der Waals surface area contributed by atoms with Crippen molar-refractivity contribution in [2.75, 3.05) is 26.3 Å². The van der Waals surface area contributed by atoms with E-state index >= 15 is 0 Å². The zero-order chi connectivity index (χ0) is 11.9. The molecule has 1 N–H and O–H groups in total. The normalized spacial score (nSPS) is 26.0. The minimum Gasteiger partial charge on any atom is -0.411 e. The highest BCUT2D eigenvalue weighted by Gasteiger charge is 2.19. The molecule has 2 aliphatic rings. The summed E-state index contributed by atoms with van der Waals surface area (Å²) in [5.74, 6) is 0. The minimum absolute atomic E-state index is 0.774. The predicted molar refractivity (Wildman–Crippen MR) is 67.4 cm³/mol. The highest BCUT2D eigenvalue weighted by molar-refractivity contribution is 5.99. The number of hydrogen-bond donors (Lipinski definition) is 1. The molecule has 0 spiro atoms. The van der Waals surface area contributed by atoms with E-state index in [0.717, 1.165) is 57.0 Å². The first kappa shape index (κ1) is 12.4. The molecule has 0 unspecified atom stereocenters. The quantitative estimate of drug-likeness (QED) is 0.563. The highest BCUT2D eigenvalue weighted by Crippen LogP contribution is 2.19. The third-order valence-electron chi connectivity index (χ3n) is 3.47. The van der Waals surface area contributed by atoms with Crippen LogP contribution in [0.25, 0.3) is 0 Å². The number of allylic oxidation sites excluding steroid dienone is 2. The minimum atomic E-state index is 0.774. The van der Waals surface area contributed by atoms with Crippen LogP contribution in [0.3, 0.4) is 0 Å². The van der Waals surface area contributed by atoms with Crippen molar-refractivity contribution >= 4 is 5.71 Å². The molecule has 4 heteroatoms. The van der Waals surface area contributed by atoms with Crippen molar-refractivity contribution < 1.29 is 9.94 Å². The smallest absolute Gasteiger partial charge is 0.102 e. The van der Waals surface area contributed by atoms with Crippen molar-refractivity contribution in [2.24, 2.45) is 5.16 Å². The molecule has 0 atom stereocenters. The molecule has 1 fully saturated rings. The molecule has 0 saturated carbocycles. The number of rotatable bonds is 1. The molecule has 4 nitrogen and oxygen atoms in total. The predicted octanol–water partition coefficient (Wildman–Crippen LogP) is 2.39. The van der Waals surface area contributed by atoms with Crippen LogP contribution in [0.15, 0.2) is 16.9 Å². The lowest BCUT2D eigenvalue weighted by Crippen LogP contribution is -2.38. The Morgan fingerprint density at radius 3 is 2.65 bits per heavy atom. The summed E-state index contributed by atoms with van der Waals surface area (Å²) < 4.78 is 5.37. The number of oxime groups is 1. The topological polar surface area (TPSA) is 45.1 Å². The van der Waals surface area contributed by atoms with E-state index in [-0.39, 0.29) is 0 Å². The van der Waals surface area contributed by atoms with Gasteiger partial charge < -0.3 is 14.8 Å². The number of nitrogens with zero attached hydrogens (tertiary/aromatic N) is 2. The van der Waals surface area contributed by atoms with E-state index in [1.165, 1.54) is 19.3 Å². The molecule has 1 heterocycles. The SMILES string of the molecule is ON=C1CCCCCCC=C1N1CCOCC1. The van der Waals surface area contributed by atoms with Crippen LogP contribution in [-0.2, 0) is 4.74 Å². The summed E-state index contributed by atoms with van der Waals surface area (Å²) in [6.45, 7) is 3.36. The van der Waals surface area contributed by atoms with E-state index in [0.29, 0.717) is 0 Å².